The summed E-state index contributed by atoms with van der Waals surface area (Å²) in [5.74, 6) is -0.661. The molecule has 3 aromatic carbocycles. The fraction of sp³-hybridized carbons (Fsp3) is 0.0312. The molecule has 0 saturated carbocycles. The smallest absolute Gasteiger partial charge is 0.228 e. The number of rotatable bonds is 6. The van der Waals surface area contributed by atoms with Gasteiger partial charge in [-0.2, -0.15) is 5.10 Å². The lowest BCUT2D eigenvalue weighted by molar-refractivity contribution is -0.115. The highest BCUT2D eigenvalue weighted by molar-refractivity contribution is 5.98. The molecule has 4 heterocycles. The second-order valence-corrected chi connectivity index (χ2v) is 9.78. The molecule has 0 bridgehead atoms. The van der Waals surface area contributed by atoms with Crippen molar-refractivity contribution in [3.05, 3.63) is 115 Å². The van der Waals surface area contributed by atoms with Crippen LogP contribution in [0.1, 0.15) is 5.56 Å². The van der Waals surface area contributed by atoms with Crippen molar-refractivity contribution < 1.29 is 13.6 Å². The van der Waals surface area contributed by atoms with Crippen LogP contribution < -0.4 is 5.32 Å². The number of aromatic nitrogens is 6. The predicted octanol–water partition coefficient (Wildman–Crippen LogP) is 6.69. The van der Waals surface area contributed by atoms with Gasteiger partial charge in [-0.15, -0.1) is 0 Å². The Bertz CT molecular complexity index is 2100. The highest BCUT2D eigenvalue weighted by atomic mass is 19.1. The number of halogens is 2. The molecule has 42 heavy (non-hydrogen) atoms. The number of anilines is 1. The van der Waals surface area contributed by atoms with Gasteiger partial charge in [-0.3, -0.25) is 19.9 Å². The van der Waals surface area contributed by atoms with Crippen LogP contribution in [0.15, 0.2) is 97.5 Å². The van der Waals surface area contributed by atoms with Gasteiger partial charge in [-0.25, -0.2) is 13.8 Å². The van der Waals surface area contributed by atoms with E-state index in [2.05, 4.69) is 30.5 Å². The first kappa shape index (κ1) is 25.2. The molecule has 0 fully saturated rings. The SMILES string of the molecule is O=C(Cc1ccccc1)Nc1cncc(-c2cc(F)c3n[nH]c(-c4nc5c(-c6cccc(F)c6)nccc5[nH]4)c3c2)c1. The minimum atomic E-state index is -0.526. The summed E-state index contributed by atoms with van der Waals surface area (Å²) in [4.78, 5) is 29.2. The first-order chi connectivity index (χ1) is 20.5. The molecule has 10 heteroatoms. The molecule has 7 aromatic rings. The van der Waals surface area contributed by atoms with Gasteiger partial charge in [0.05, 0.1) is 29.5 Å². The number of nitrogens with zero attached hydrogens (tertiary/aromatic N) is 4. The van der Waals surface area contributed by atoms with E-state index in [0.29, 0.717) is 56.0 Å². The van der Waals surface area contributed by atoms with Gasteiger partial charge in [0.1, 0.15) is 22.5 Å². The van der Waals surface area contributed by atoms with Crippen LogP contribution in [0.4, 0.5) is 14.5 Å². The minimum Gasteiger partial charge on any atom is -0.337 e. The Hall–Kier alpha value is -5.77. The van der Waals surface area contributed by atoms with Crippen molar-refractivity contribution in [1.29, 1.82) is 0 Å². The van der Waals surface area contributed by atoms with Crippen LogP contribution in [0, 0.1) is 11.6 Å². The van der Waals surface area contributed by atoms with Gasteiger partial charge >= 0.3 is 0 Å². The van der Waals surface area contributed by atoms with Crippen LogP contribution in [0.3, 0.4) is 0 Å². The summed E-state index contributed by atoms with van der Waals surface area (Å²) in [6, 6.07) is 22.3. The lowest BCUT2D eigenvalue weighted by Crippen LogP contribution is -2.14. The Balaban J connectivity index is 1.24. The molecule has 0 spiro atoms. The Kier molecular flexibility index (Phi) is 6.20. The number of H-pyrrole nitrogens is 2. The van der Waals surface area contributed by atoms with Gasteiger partial charge in [0.15, 0.2) is 11.6 Å². The first-order valence-electron chi connectivity index (χ1n) is 13.1. The third-order valence-electron chi connectivity index (χ3n) is 6.91. The summed E-state index contributed by atoms with van der Waals surface area (Å²) in [5, 5.41) is 10.5. The van der Waals surface area contributed by atoms with E-state index in [1.165, 1.54) is 18.2 Å². The molecule has 8 nitrogen and oxygen atoms in total. The summed E-state index contributed by atoms with van der Waals surface area (Å²) in [7, 11) is 0. The maximum Gasteiger partial charge on any atom is 0.228 e. The van der Waals surface area contributed by atoms with Crippen LogP contribution in [0.2, 0.25) is 0 Å². The zero-order valence-electron chi connectivity index (χ0n) is 21.9. The van der Waals surface area contributed by atoms with E-state index < -0.39 is 5.82 Å². The molecule has 3 N–H and O–H groups in total. The third-order valence-corrected chi connectivity index (χ3v) is 6.91. The van der Waals surface area contributed by atoms with Crippen molar-refractivity contribution in [3.63, 3.8) is 0 Å². The number of carbonyl (C=O) groups excluding carboxylic acids is 1. The Labute approximate surface area is 237 Å². The molecule has 1 amide bonds. The van der Waals surface area contributed by atoms with Crippen molar-refractivity contribution in [3.8, 4) is 33.9 Å². The number of hydrogen-bond donors (Lipinski definition) is 3. The maximum absolute atomic E-state index is 15.3. The quantitative estimate of drug-likeness (QED) is 0.211. The van der Waals surface area contributed by atoms with E-state index in [1.54, 1.807) is 48.9 Å². The maximum atomic E-state index is 15.3. The average Bonchev–Trinajstić information content (AvgIpc) is 3.62. The number of amides is 1. The van der Waals surface area contributed by atoms with E-state index in [9.17, 15) is 9.18 Å². The largest absolute Gasteiger partial charge is 0.337 e. The lowest BCUT2D eigenvalue weighted by atomic mass is 10.0. The molecule has 204 valence electrons. The summed E-state index contributed by atoms with van der Waals surface area (Å²) in [6.07, 6.45) is 4.98. The second kappa shape index (κ2) is 10.3. The van der Waals surface area contributed by atoms with E-state index in [0.717, 1.165) is 5.56 Å². The van der Waals surface area contributed by atoms with Crippen LogP contribution in [0.5, 0.6) is 0 Å². The second-order valence-electron chi connectivity index (χ2n) is 9.78. The van der Waals surface area contributed by atoms with Crippen molar-refractivity contribution in [2.24, 2.45) is 0 Å². The first-order valence-corrected chi connectivity index (χ1v) is 13.1. The number of benzene rings is 3. The molecule has 0 saturated heterocycles. The van der Waals surface area contributed by atoms with E-state index in [4.69, 9.17) is 4.98 Å². The number of hydrogen-bond acceptors (Lipinski definition) is 5. The van der Waals surface area contributed by atoms with E-state index >= 15 is 4.39 Å². The van der Waals surface area contributed by atoms with Crippen LogP contribution in [-0.2, 0) is 11.2 Å². The van der Waals surface area contributed by atoms with Gasteiger partial charge in [0.25, 0.3) is 0 Å². The molecule has 0 aliphatic carbocycles. The molecule has 0 aliphatic rings. The Morgan fingerprint density at radius 3 is 2.60 bits per heavy atom. The van der Waals surface area contributed by atoms with E-state index in [-0.39, 0.29) is 23.7 Å². The molecule has 0 atom stereocenters. The Morgan fingerprint density at radius 2 is 1.74 bits per heavy atom. The van der Waals surface area contributed by atoms with Crippen molar-refractivity contribution in [2.45, 2.75) is 6.42 Å². The molecule has 4 aromatic heterocycles. The van der Waals surface area contributed by atoms with Crippen molar-refractivity contribution >= 4 is 33.5 Å². The fourth-order valence-corrected chi connectivity index (χ4v) is 4.98. The molecular formula is C32H21F2N7O. The van der Waals surface area contributed by atoms with Crippen LogP contribution >= 0.6 is 0 Å². The predicted molar refractivity (Wildman–Crippen MR) is 156 cm³/mol. The summed E-state index contributed by atoms with van der Waals surface area (Å²) >= 11 is 0. The van der Waals surface area contributed by atoms with Crippen molar-refractivity contribution in [2.75, 3.05) is 5.32 Å². The molecule has 0 radical (unpaired) electrons. The number of fused-ring (bicyclic) bond motifs is 2. The number of carbonyl (C=O) groups is 1. The average molecular weight is 558 g/mol. The normalized spacial score (nSPS) is 11.3. The molecule has 0 aliphatic heterocycles. The summed E-state index contributed by atoms with van der Waals surface area (Å²) in [6.45, 7) is 0. The molecule has 0 unspecified atom stereocenters. The highest BCUT2D eigenvalue weighted by Gasteiger charge is 2.19. The number of pyridine rings is 2. The third kappa shape index (κ3) is 4.75. The zero-order valence-corrected chi connectivity index (χ0v) is 21.9. The van der Waals surface area contributed by atoms with E-state index in [1.807, 2.05) is 30.3 Å². The van der Waals surface area contributed by atoms with Crippen LogP contribution in [0.25, 0.3) is 55.8 Å². The lowest BCUT2D eigenvalue weighted by Gasteiger charge is -2.08. The summed E-state index contributed by atoms with van der Waals surface area (Å²) < 4.78 is 29.2. The van der Waals surface area contributed by atoms with Gasteiger partial charge in [0.2, 0.25) is 5.91 Å². The van der Waals surface area contributed by atoms with Crippen molar-refractivity contribution in [1.82, 2.24) is 30.1 Å². The standard InChI is InChI=1S/C32H21F2N7O/c33-22-8-4-7-19(12-22)28-31-26(9-10-36-28)38-32(39-31)30-24-14-20(15-25(34)29(24)40-41-30)21-13-23(17-35-16-21)37-27(42)11-18-5-2-1-3-6-18/h1-10,12-17H,11H2,(H,37,42)(H,38,39)(H,40,41). The minimum absolute atomic E-state index is 0.151. The monoisotopic (exact) mass is 557 g/mol. The van der Waals surface area contributed by atoms with Gasteiger partial charge in [-0.05, 0) is 47.5 Å². The zero-order chi connectivity index (χ0) is 28.6. The molecule has 7 rings (SSSR count). The van der Waals surface area contributed by atoms with Gasteiger partial charge in [0, 0.05) is 28.9 Å². The van der Waals surface area contributed by atoms with Gasteiger partial charge in [-0.1, -0.05) is 42.5 Å². The topological polar surface area (TPSA) is 112 Å². The number of imidazole rings is 1. The summed E-state index contributed by atoms with van der Waals surface area (Å²) in [5.41, 5.74) is 5.51. The number of aromatic amines is 2. The van der Waals surface area contributed by atoms with Crippen LogP contribution in [-0.4, -0.2) is 36.0 Å². The van der Waals surface area contributed by atoms with Gasteiger partial charge < -0.3 is 10.3 Å². The highest BCUT2D eigenvalue weighted by Crippen LogP contribution is 2.34. The number of nitrogens with one attached hydrogen (secondary N) is 3. The Morgan fingerprint density at radius 1 is 0.857 bits per heavy atom. The fourth-order valence-electron chi connectivity index (χ4n) is 4.98. The molecular weight excluding hydrogens is 536 g/mol.